The summed E-state index contributed by atoms with van der Waals surface area (Å²) in [5.74, 6) is 0.647. The molecule has 2 N–H and O–H groups in total. The van der Waals surface area contributed by atoms with Gasteiger partial charge in [-0.3, -0.25) is 4.99 Å². The summed E-state index contributed by atoms with van der Waals surface area (Å²) in [5.41, 5.74) is 0.949. The molecule has 1 unspecified atom stereocenters. The molecule has 7 heteroatoms. The fourth-order valence-electron chi connectivity index (χ4n) is 3.53. The van der Waals surface area contributed by atoms with E-state index >= 15 is 0 Å². The molecule has 1 aromatic rings. The van der Waals surface area contributed by atoms with Gasteiger partial charge in [0.1, 0.15) is 5.82 Å². The van der Waals surface area contributed by atoms with Gasteiger partial charge in [0.2, 0.25) is 0 Å². The molecule has 1 aromatic carbocycles. The van der Waals surface area contributed by atoms with Gasteiger partial charge in [0.25, 0.3) is 0 Å². The van der Waals surface area contributed by atoms with Crippen molar-refractivity contribution in [3.63, 3.8) is 0 Å². The third-order valence-electron chi connectivity index (χ3n) is 5.22. The van der Waals surface area contributed by atoms with Gasteiger partial charge in [-0.15, -0.1) is 24.0 Å². The fourth-order valence-corrected chi connectivity index (χ4v) is 3.53. The zero-order valence-corrected chi connectivity index (χ0v) is 20.2. The second kappa shape index (κ2) is 12.6. The van der Waals surface area contributed by atoms with Crippen LogP contribution in [-0.2, 0) is 0 Å². The zero-order chi connectivity index (χ0) is 19.8. The van der Waals surface area contributed by atoms with Crippen molar-refractivity contribution < 1.29 is 4.39 Å². The Morgan fingerprint density at radius 1 is 1.29 bits per heavy atom. The zero-order valence-electron chi connectivity index (χ0n) is 17.9. The highest BCUT2D eigenvalue weighted by Crippen LogP contribution is 2.19. The predicted molar refractivity (Wildman–Crippen MR) is 127 cm³/mol. The van der Waals surface area contributed by atoms with Gasteiger partial charge in [-0.05, 0) is 65.4 Å². The lowest BCUT2D eigenvalue weighted by Crippen LogP contribution is -2.50. The lowest BCUT2D eigenvalue weighted by Gasteiger charge is -2.35. The summed E-state index contributed by atoms with van der Waals surface area (Å²) >= 11 is 0. The maximum absolute atomic E-state index is 13.6. The van der Waals surface area contributed by atoms with Gasteiger partial charge in [-0.1, -0.05) is 12.1 Å². The van der Waals surface area contributed by atoms with Crippen LogP contribution in [0.5, 0.6) is 0 Å². The van der Waals surface area contributed by atoms with Crippen molar-refractivity contribution >= 4 is 29.9 Å². The highest BCUT2D eigenvalue weighted by Gasteiger charge is 2.22. The van der Waals surface area contributed by atoms with Crippen molar-refractivity contribution in [2.45, 2.75) is 51.7 Å². The molecular formula is C21H37FIN5. The molecule has 0 spiro atoms. The lowest BCUT2D eigenvalue weighted by molar-refractivity contribution is 0.167. The summed E-state index contributed by atoms with van der Waals surface area (Å²) in [7, 11) is 4.01. The Labute approximate surface area is 187 Å². The van der Waals surface area contributed by atoms with E-state index in [0.29, 0.717) is 18.6 Å². The first-order valence-corrected chi connectivity index (χ1v) is 10.1. The molecule has 0 aliphatic carbocycles. The number of halogens is 2. The van der Waals surface area contributed by atoms with Gasteiger partial charge in [0.15, 0.2) is 5.96 Å². The van der Waals surface area contributed by atoms with Gasteiger partial charge in [0.05, 0.1) is 12.6 Å². The summed E-state index contributed by atoms with van der Waals surface area (Å²) in [4.78, 5) is 9.41. The van der Waals surface area contributed by atoms with E-state index in [1.54, 1.807) is 12.1 Å². The lowest BCUT2D eigenvalue weighted by atomic mass is 10.0. The van der Waals surface area contributed by atoms with E-state index in [0.717, 1.165) is 44.0 Å². The van der Waals surface area contributed by atoms with Crippen LogP contribution in [0.2, 0.25) is 0 Å². The minimum Gasteiger partial charge on any atom is -0.357 e. The van der Waals surface area contributed by atoms with Crippen LogP contribution in [0.4, 0.5) is 4.39 Å². The molecule has 1 heterocycles. The Morgan fingerprint density at radius 2 is 1.96 bits per heavy atom. The van der Waals surface area contributed by atoms with E-state index in [4.69, 9.17) is 4.99 Å². The van der Waals surface area contributed by atoms with Crippen molar-refractivity contribution in [1.29, 1.82) is 0 Å². The van der Waals surface area contributed by atoms with Crippen LogP contribution in [0.1, 0.15) is 45.2 Å². The van der Waals surface area contributed by atoms with Crippen LogP contribution in [0.15, 0.2) is 29.3 Å². The molecule has 0 saturated carbocycles. The van der Waals surface area contributed by atoms with Crippen LogP contribution in [-0.4, -0.2) is 68.1 Å². The third-order valence-corrected chi connectivity index (χ3v) is 5.22. The Kier molecular flexibility index (Phi) is 11.3. The quantitative estimate of drug-likeness (QED) is 0.339. The van der Waals surface area contributed by atoms with Gasteiger partial charge >= 0.3 is 0 Å². The van der Waals surface area contributed by atoms with E-state index < -0.39 is 0 Å². The van der Waals surface area contributed by atoms with Gasteiger partial charge in [-0.25, -0.2) is 4.39 Å². The van der Waals surface area contributed by atoms with E-state index in [9.17, 15) is 4.39 Å². The highest BCUT2D eigenvalue weighted by molar-refractivity contribution is 14.0. The van der Waals surface area contributed by atoms with Crippen molar-refractivity contribution in [2.75, 3.05) is 40.3 Å². The molecule has 1 aliphatic rings. The molecule has 0 bridgehead atoms. The number of aliphatic imine (C=N–C) groups is 1. The molecule has 1 fully saturated rings. The summed E-state index contributed by atoms with van der Waals surface area (Å²) in [6.07, 6.45) is 2.26. The fraction of sp³-hybridized carbons (Fsp3) is 0.667. The minimum absolute atomic E-state index is 0. The first kappa shape index (κ1) is 25.1. The Hall–Kier alpha value is -0.930. The number of benzene rings is 1. The number of likely N-dealkylation sites (N-methyl/N-ethyl adjacent to an activating group) is 1. The number of nitrogens with one attached hydrogen (secondary N) is 2. The minimum atomic E-state index is -0.203. The van der Waals surface area contributed by atoms with Crippen LogP contribution < -0.4 is 10.6 Å². The first-order chi connectivity index (χ1) is 12.9. The summed E-state index contributed by atoms with van der Waals surface area (Å²) in [6, 6.07) is 7.91. The van der Waals surface area contributed by atoms with Crippen LogP contribution in [0, 0.1) is 5.82 Å². The number of rotatable bonds is 7. The SMILES string of the molecule is CCNC(=NCC(c1cccc(F)c1)N(C)C)NC1CCN(C(C)C)CC1.I. The predicted octanol–water partition coefficient (Wildman–Crippen LogP) is 3.47. The Bertz CT molecular complexity index is 600. The smallest absolute Gasteiger partial charge is 0.191 e. The molecule has 1 saturated heterocycles. The van der Waals surface area contributed by atoms with E-state index in [1.807, 2.05) is 20.2 Å². The number of nitrogens with zero attached hydrogens (tertiary/aromatic N) is 3. The average molecular weight is 505 g/mol. The average Bonchev–Trinajstić information content (AvgIpc) is 2.62. The second-order valence-electron chi connectivity index (χ2n) is 7.80. The monoisotopic (exact) mass is 505 g/mol. The van der Waals surface area contributed by atoms with Crippen molar-refractivity contribution in [2.24, 2.45) is 4.99 Å². The molecule has 160 valence electrons. The summed E-state index contributed by atoms with van der Waals surface area (Å²) in [6.45, 7) is 10.2. The van der Waals surface area contributed by atoms with E-state index in [2.05, 4.69) is 41.2 Å². The van der Waals surface area contributed by atoms with E-state index in [-0.39, 0.29) is 35.8 Å². The van der Waals surface area contributed by atoms with E-state index in [1.165, 1.54) is 6.07 Å². The Balaban J connectivity index is 0.00000392. The number of likely N-dealkylation sites (tertiary alicyclic amines) is 1. The normalized spacial score (nSPS) is 17.5. The van der Waals surface area contributed by atoms with Crippen molar-refractivity contribution in [1.82, 2.24) is 20.4 Å². The molecular weight excluding hydrogens is 468 g/mol. The van der Waals surface area contributed by atoms with Gasteiger partial charge < -0.3 is 20.4 Å². The molecule has 0 amide bonds. The molecule has 1 atom stereocenters. The first-order valence-electron chi connectivity index (χ1n) is 10.1. The van der Waals surface area contributed by atoms with Crippen molar-refractivity contribution in [3.8, 4) is 0 Å². The molecule has 0 radical (unpaired) electrons. The maximum atomic E-state index is 13.6. The summed E-state index contributed by atoms with van der Waals surface area (Å²) in [5, 5.41) is 6.95. The highest BCUT2D eigenvalue weighted by atomic mass is 127. The number of piperidine rings is 1. The standard InChI is InChI=1S/C21H36FN5.HI/c1-6-23-21(25-19-10-12-27(13-11-19)16(2)3)24-15-20(26(4)5)17-8-7-9-18(22)14-17;/h7-9,14,16,19-20H,6,10-13,15H2,1-5H3,(H2,23,24,25);1H. The number of guanidine groups is 1. The van der Waals surface area contributed by atoms with Gasteiger partial charge in [0, 0.05) is 31.7 Å². The van der Waals surface area contributed by atoms with Crippen LogP contribution in [0.3, 0.4) is 0 Å². The second-order valence-corrected chi connectivity index (χ2v) is 7.80. The maximum Gasteiger partial charge on any atom is 0.191 e. The molecule has 0 aromatic heterocycles. The van der Waals surface area contributed by atoms with Gasteiger partial charge in [-0.2, -0.15) is 0 Å². The topological polar surface area (TPSA) is 42.9 Å². The molecule has 2 rings (SSSR count). The number of hydrogen-bond acceptors (Lipinski definition) is 3. The number of hydrogen-bond donors (Lipinski definition) is 2. The van der Waals surface area contributed by atoms with Crippen LogP contribution >= 0.6 is 24.0 Å². The summed E-state index contributed by atoms with van der Waals surface area (Å²) < 4.78 is 13.6. The Morgan fingerprint density at radius 3 is 2.50 bits per heavy atom. The molecule has 1 aliphatic heterocycles. The third kappa shape index (κ3) is 7.83. The molecule has 5 nitrogen and oxygen atoms in total. The van der Waals surface area contributed by atoms with Crippen LogP contribution in [0.25, 0.3) is 0 Å². The largest absolute Gasteiger partial charge is 0.357 e. The van der Waals surface area contributed by atoms with Crippen molar-refractivity contribution in [3.05, 3.63) is 35.6 Å². The molecule has 28 heavy (non-hydrogen) atoms.